The second kappa shape index (κ2) is 6.91. The predicted molar refractivity (Wildman–Crippen MR) is 79.7 cm³/mol. The second-order valence-corrected chi connectivity index (χ2v) is 6.30. The molecular formula is C14H18BrNO5. The maximum atomic E-state index is 11.9. The van der Waals surface area contributed by atoms with Crippen molar-refractivity contribution in [1.29, 1.82) is 0 Å². The van der Waals surface area contributed by atoms with Crippen molar-refractivity contribution >= 4 is 27.9 Å². The number of ether oxygens (including phenoxy) is 2. The maximum Gasteiger partial charge on any atom is 0.326 e. The zero-order valence-corrected chi connectivity index (χ0v) is 13.6. The smallest absolute Gasteiger partial charge is 0.326 e. The molecule has 0 amide bonds. The average molecular weight is 360 g/mol. The highest BCUT2D eigenvalue weighted by molar-refractivity contribution is 9.10. The number of hydrogen-bond acceptors (Lipinski definition) is 5. The Kier molecular flexibility index (Phi) is 5.74. The van der Waals surface area contributed by atoms with Crippen LogP contribution in [-0.2, 0) is 14.3 Å². The largest absolute Gasteiger partial charge is 0.480 e. The molecule has 0 saturated carbocycles. The van der Waals surface area contributed by atoms with Gasteiger partial charge in [0.1, 0.15) is 11.4 Å². The standard InChI is InChI=1S/C14H18BrNO5/c1-14(2,3)21-13(19)10(12(17)18)11(16)20-9-6-4-8(15)5-7-9/h4-7,10-11H,16H2,1-3H3,(H,17,18). The van der Waals surface area contributed by atoms with E-state index in [4.69, 9.17) is 20.3 Å². The van der Waals surface area contributed by atoms with E-state index in [9.17, 15) is 9.59 Å². The van der Waals surface area contributed by atoms with Crippen LogP contribution in [0.4, 0.5) is 0 Å². The molecule has 6 nitrogen and oxygen atoms in total. The summed E-state index contributed by atoms with van der Waals surface area (Å²) in [6, 6.07) is 6.65. The van der Waals surface area contributed by atoms with E-state index in [-0.39, 0.29) is 0 Å². The molecule has 0 fully saturated rings. The van der Waals surface area contributed by atoms with Crippen LogP contribution in [0, 0.1) is 5.92 Å². The first-order chi connectivity index (χ1) is 9.60. The van der Waals surface area contributed by atoms with Gasteiger partial charge >= 0.3 is 11.9 Å². The van der Waals surface area contributed by atoms with Crippen LogP contribution in [0.5, 0.6) is 5.75 Å². The molecule has 0 bridgehead atoms. The Hall–Kier alpha value is -1.60. The lowest BCUT2D eigenvalue weighted by molar-refractivity contribution is -0.170. The number of carbonyl (C=O) groups excluding carboxylic acids is 1. The maximum absolute atomic E-state index is 11.9. The number of benzene rings is 1. The fourth-order valence-corrected chi connectivity index (χ4v) is 1.74. The van der Waals surface area contributed by atoms with Crippen molar-refractivity contribution in [2.45, 2.75) is 32.6 Å². The van der Waals surface area contributed by atoms with Crippen molar-refractivity contribution in [3.63, 3.8) is 0 Å². The van der Waals surface area contributed by atoms with Crippen LogP contribution >= 0.6 is 15.9 Å². The fraction of sp³-hybridized carbons (Fsp3) is 0.429. The Morgan fingerprint density at radius 1 is 1.24 bits per heavy atom. The monoisotopic (exact) mass is 359 g/mol. The molecule has 0 radical (unpaired) electrons. The highest BCUT2D eigenvalue weighted by Crippen LogP contribution is 2.20. The van der Waals surface area contributed by atoms with E-state index in [0.717, 1.165) is 4.47 Å². The predicted octanol–water partition coefficient (Wildman–Crippen LogP) is 2.16. The van der Waals surface area contributed by atoms with Gasteiger partial charge in [0.25, 0.3) is 0 Å². The van der Waals surface area contributed by atoms with E-state index >= 15 is 0 Å². The molecule has 2 atom stereocenters. The number of esters is 1. The van der Waals surface area contributed by atoms with Gasteiger partial charge in [-0.2, -0.15) is 0 Å². The highest BCUT2D eigenvalue weighted by Gasteiger charge is 2.38. The van der Waals surface area contributed by atoms with Gasteiger partial charge in [-0.25, -0.2) is 0 Å². The average Bonchev–Trinajstić information content (AvgIpc) is 2.29. The van der Waals surface area contributed by atoms with Gasteiger partial charge in [0.2, 0.25) is 5.92 Å². The molecule has 0 heterocycles. The number of aliphatic carboxylic acids is 1. The lowest BCUT2D eigenvalue weighted by Gasteiger charge is -2.25. The van der Waals surface area contributed by atoms with Crippen molar-refractivity contribution in [1.82, 2.24) is 0 Å². The van der Waals surface area contributed by atoms with Gasteiger partial charge < -0.3 is 14.6 Å². The van der Waals surface area contributed by atoms with E-state index in [1.165, 1.54) is 0 Å². The zero-order valence-electron chi connectivity index (χ0n) is 12.0. The molecule has 0 aliphatic carbocycles. The normalized spacial score (nSPS) is 14.1. The number of carboxylic acids is 1. The molecular weight excluding hydrogens is 342 g/mol. The third-order valence-corrected chi connectivity index (χ3v) is 2.87. The van der Waals surface area contributed by atoms with Crippen molar-refractivity contribution in [3.05, 3.63) is 28.7 Å². The lowest BCUT2D eigenvalue weighted by atomic mass is 10.1. The summed E-state index contributed by atoms with van der Waals surface area (Å²) in [6.07, 6.45) is -1.35. The SMILES string of the molecule is CC(C)(C)OC(=O)C(C(=O)O)C(N)Oc1ccc(Br)cc1. The van der Waals surface area contributed by atoms with Crippen LogP contribution in [0.1, 0.15) is 20.8 Å². The van der Waals surface area contributed by atoms with Crippen molar-refractivity contribution in [2.75, 3.05) is 0 Å². The summed E-state index contributed by atoms with van der Waals surface area (Å²) >= 11 is 3.27. The number of halogens is 1. The summed E-state index contributed by atoms with van der Waals surface area (Å²) in [5.41, 5.74) is 4.89. The molecule has 21 heavy (non-hydrogen) atoms. The van der Waals surface area contributed by atoms with Gasteiger partial charge in [-0.15, -0.1) is 0 Å². The van der Waals surface area contributed by atoms with Crippen LogP contribution in [0.25, 0.3) is 0 Å². The molecule has 1 aromatic carbocycles. The van der Waals surface area contributed by atoms with Crippen molar-refractivity contribution in [3.8, 4) is 5.75 Å². The molecule has 1 aromatic rings. The number of carboxylic acid groups (broad SMARTS) is 1. The van der Waals surface area contributed by atoms with Gasteiger partial charge in [0, 0.05) is 4.47 Å². The van der Waals surface area contributed by atoms with Crippen molar-refractivity contribution in [2.24, 2.45) is 11.7 Å². The van der Waals surface area contributed by atoms with Gasteiger partial charge in [-0.05, 0) is 45.0 Å². The Bertz CT molecular complexity index is 509. The van der Waals surface area contributed by atoms with Crippen LogP contribution in [0.3, 0.4) is 0 Å². The third kappa shape index (κ3) is 5.73. The minimum Gasteiger partial charge on any atom is -0.480 e. The van der Waals surface area contributed by atoms with E-state index in [1.54, 1.807) is 45.0 Å². The van der Waals surface area contributed by atoms with E-state index in [0.29, 0.717) is 5.75 Å². The quantitative estimate of drug-likeness (QED) is 0.474. The van der Waals surface area contributed by atoms with Gasteiger partial charge in [0.15, 0.2) is 6.23 Å². The first kappa shape index (κ1) is 17.5. The van der Waals surface area contributed by atoms with Crippen LogP contribution < -0.4 is 10.5 Å². The first-order valence-corrected chi connectivity index (χ1v) is 7.03. The fourth-order valence-electron chi connectivity index (χ4n) is 1.48. The number of hydrogen-bond donors (Lipinski definition) is 2. The lowest BCUT2D eigenvalue weighted by Crippen LogP contribution is -2.47. The van der Waals surface area contributed by atoms with Gasteiger partial charge in [-0.1, -0.05) is 15.9 Å². The Morgan fingerprint density at radius 2 is 1.76 bits per heavy atom. The molecule has 0 aliphatic heterocycles. The molecule has 0 aromatic heterocycles. The minimum atomic E-state index is -1.60. The second-order valence-electron chi connectivity index (χ2n) is 5.39. The molecule has 2 unspecified atom stereocenters. The molecule has 116 valence electrons. The van der Waals surface area contributed by atoms with Crippen LogP contribution in [0.15, 0.2) is 28.7 Å². The summed E-state index contributed by atoms with van der Waals surface area (Å²) in [7, 11) is 0. The van der Waals surface area contributed by atoms with Crippen molar-refractivity contribution < 1.29 is 24.2 Å². The summed E-state index contributed by atoms with van der Waals surface area (Å²) in [4.78, 5) is 23.2. The summed E-state index contributed by atoms with van der Waals surface area (Å²) in [5, 5.41) is 9.16. The third-order valence-electron chi connectivity index (χ3n) is 2.34. The number of nitrogens with two attached hydrogens (primary N) is 1. The van der Waals surface area contributed by atoms with Crippen LogP contribution in [-0.4, -0.2) is 28.9 Å². The molecule has 7 heteroatoms. The first-order valence-electron chi connectivity index (χ1n) is 6.23. The highest BCUT2D eigenvalue weighted by atomic mass is 79.9. The molecule has 1 rings (SSSR count). The molecule has 0 aliphatic rings. The Labute approximate surface area is 131 Å². The number of carbonyl (C=O) groups is 2. The van der Waals surface area contributed by atoms with E-state index in [1.807, 2.05) is 0 Å². The number of rotatable bonds is 5. The molecule has 3 N–H and O–H groups in total. The van der Waals surface area contributed by atoms with Gasteiger partial charge in [0.05, 0.1) is 0 Å². The summed E-state index contributed by atoms with van der Waals surface area (Å²) in [6.45, 7) is 4.93. The Balaban J connectivity index is 2.82. The summed E-state index contributed by atoms with van der Waals surface area (Å²) in [5.74, 6) is -3.57. The molecule has 0 saturated heterocycles. The van der Waals surface area contributed by atoms with E-state index < -0.39 is 29.7 Å². The topological polar surface area (TPSA) is 98.9 Å². The molecule has 0 spiro atoms. The summed E-state index contributed by atoms with van der Waals surface area (Å²) < 4.78 is 11.2. The van der Waals surface area contributed by atoms with Crippen LogP contribution in [0.2, 0.25) is 0 Å². The van der Waals surface area contributed by atoms with Gasteiger partial charge in [-0.3, -0.25) is 15.3 Å². The zero-order chi connectivity index (χ0) is 16.2. The Morgan fingerprint density at radius 3 is 2.19 bits per heavy atom. The minimum absolute atomic E-state index is 0.362. The van der Waals surface area contributed by atoms with E-state index in [2.05, 4.69) is 15.9 Å².